The van der Waals surface area contributed by atoms with Crippen molar-refractivity contribution in [1.82, 2.24) is 10.9 Å². The fourth-order valence-corrected chi connectivity index (χ4v) is 2.73. The second-order valence-electron chi connectivity index (χ2n) is 7.31. The molecule has 162 valence electrons. The zero-order valence-electron chi connectivity index (χ0n) is 18.2. The van der Waals surface area contributed by atoms with Crippen LogP contribution in [0.5, 0.6) is 0 Å². The van der Waals surface area contributed by atoms with E-state index in [1.54, 1.807) is 12.4 Å². The fraction of sp³-hybridized carbons (Fsp3) is 0.818. The van der Waals surface area contributed by atoms with E-state index in [-0.39, 0.29) is 11.8 Å². The van der Waals surface area contributed by atoms with E-state index >= 15 is 0 Å². The van der Waals surface area contributed by atoms with Crippen molar-refractivity contribution in [3.63, 3.8) is 0 Å². The molecule has 0 aliphatic rings. The van der Waals surface area contributed by atoms with Gasteiger partial charge in [0.2, 0.25) is 11.8 Å². The molecule has 0 saturated heterocycles. The van der Waals surface area contributed by atoms with Crippen LogP contribution in [-0.4, -0.2) is 24.2 Å². The number of unbranched alkanes of at least 4 members (excludes halogenated alkanes) is 11. The second-order valence-corrected chi connectivity index (χ2v) is 7.31. The lowest BCUT2D eigenvalue weighted by Gasteiger charge is -2.02. The lowest BCUT2D eigenvalue weighted by molar-refractivity contribution is -0.122. The number of rotatable bonds is 19. The molecule has 0 heterocycles. The first-order chi connectivity index (χ1) is 13.7. The summed E-state index contributed by atoms with van der Waals surface area (Å²) in [7, 11) is 0. The average Bonchev–Trinajstić information content (AvgIpc) is 2.69. The van der Waals surface area contributed by atoms with Crippen LogP contribution in [0.3, 0.4) is 0 Å². The minimum atomic E-state index is -0.0316. The summed E-state index contributed by atoms with van der Waals surface area (Å²) in [6.45, 7) is 4.38. The van der Waals surface area contributed by atoms with E-state index in [4.69, 9.17) is 0 Å². The maximum absolute atomic E-state index is 11.6. The number of nitrogens with one attached hydrogen (secondary N) is 2. The van der Waals surface area contributed by atoms with Crippen LogP contribution in [0.1, 0.15) is 117 Å². The highest BCUT2D eigenvalue weighted by molar-refractivity contribution is 5.77. The molecular formula is C22H42N4O2. The van der Waals surface area contributed by atoms with Crippen molar-refractivity contribution in [3.8, 4) is 0 Å². The SMILES string of the molecule is CCCCCC/C=N/NC(=O)CCCCCCC(=O)N/N=C/CCCCCC. The van der Waals surface area contributed by atoms with Gasteiger partial charge in [-0.3, -0.25) is 9.59 Å². The molecule has 0 fully saturated rings. The third-order valence-corrected chi connectivity index (χ3v) is 4.49. The van der Waals surface area contributed by atoms with Gasteiger partial charge in [-0.15, -0.1) is 0 Å². The van der Waals surface area contributed by atoms with Crippen molar-refractivity contribution in [3.05, 3.63) is 0 Å². The van der Waals surface area contributed by atoms with Gasteiger partial charge >= 0.3 is 0 Å². The number of amides is 2. The Morgan fingerprint density at radius 2 is 1.00 bits per heavy atom. The molecule has 0 aliphatic heterocycles. The van der Waals surface area contributed by atoms with Crippen LogP contribution in [0.4, 0.5) is 0 Å². The van der Waals surface area contributed by atoms with E-state index in [0.717, 1.165) is 51.4 Å². The Labute approximate surface area is 172 Å². The van der Waals surface area contributed by atoms with Gasteiger partial charge < -0.3 is 0 Å². The van der Waals surface area contributed by atoms with Crippen molar-refractivity contribution in [1.29, 1.82) is 0 Å². The van der Waals surface area contributed by atoms with Gasteiger partial charge in [0, 0.05) is 25.3 Å². The molecule has 0 atom stereocenters. The second kappa shape index (κ2) is 21.6. The zero-order chi connectivity index (χ0) is 20.7. The molecule has 0 unspecified atom stereocenters. The van der Waals surface area contributed by atoms with Gasteiger partial charge in [-0.1, -0.05) is 65.2 Å². The molecule has 6 nitrogen and oxygen atoms in total. The summed E-state index contributed by atoms with van der Waals surface area (Å²) in [5.41, 5.74) is 5.16. The van der Waals surface area contributed by atoms with Crippen LogP contribution < -0.4 is 10.9 Å². The van der Waals surface area contributed by atoms with E-state index in [1.807, 2.05) is 0 Å². The Kier molecular flexibility index (Phi) is 20.3. The van der Waals surface area contributed by atoms with Crippen molar-refractivity contribution < 1.29 is 9.59 Å². The number of carbonyl (C=O) groups is 2. The zero-order valence-corrected chi connectivity index (χ0v) is 18.2. The van der Waals surface area contributed by atoms with Crippen molar-refractivity contribution >= 4 is 24.2 Å². The summed E-state index contributed by atoms with van der Waals surface area (Å²) in [6, 6.07) is 0. The molecule has 28 heavy (non-hydrogen) atoms. The molecule has 0 aliphatic carbocycles. The van der Waals surface area contributed by atoms with Crippen LogP contribution in [-0.2, 0) is 9.59 Å². The van der Waals surface area contributed by atoms with Crippen molar-refractivity contribution in [2.24, 2.45) is 10.2 Å². The lowest BCUT2D eigenvalue weighted by atomic mass is 10.1. The number of nitrogens with zero attached hydrogens (tertiary/aromatic N) is 2. The van der Waals surface area contributed by atoms with Gasteiger partial charge in [0.05, 0.1) is 0 Å². The van der Waals surface area contributed by atoms with Crippen LogP contribution in [0.15, 0.2) is 10.2 Å². The van der Waals surface area contributed by atoms with Gasteiger partial charge in [0.1, 0.15) is 0 Å². The van der Waals surface area contributed by atoms with E-state index in [9.17, 15) is 9.59 Å². The molecular weight excluding hydrogens is 352 g/mol. The van der Waals surface area contributed by atoms with Crippen LogP contribution >= 0.6 is 0 Å². The van der Waals surface area contributed by atoms with Gasteiger partial charge in [-0.25, -0.2) is 10.9 Å². The number of carbonyl (C=O) groups excluding carboxylic acids is 2. The summed E-state index contributed by atoms with van der Waals surface area (Å²) in [6.07, 6.45) is 19.6. The Morgan fingerprint density at radius 3 is 1.39 bits per heavy atom. The smallest absolute Gasteiger partial charge is 0.240 e. The molecule has 0 radical (unpaired) electrons. The van der Waals surface area contributed by atoms with E-state index < -0.39 is 0 Å². The molecule has 0 saturated carbocycles. The lowest BCUT2D eigenvalue weighted by Crippen LogP contribution is -2.17. The first-order valence-electron chi connectivity index (χ1n) is 11.3. The van der Waals surface area contributed by atoms with Gasteiger partial charge in [-0.2, -0.15) is 10.2 Å². The largest absolute Gasteiger partial charge is 0.273 e. The van der Waals surface area contributed by atoms with Gasteiger partial charge in [0.15, 0.2) is 0 Å². The molecule has 6 heteroatoms. The normalized spacial score (nSPS) is 11.4. The minimum absolute atomic E-state index is 0.0316. The first kappa shape index (κ1) is 26.3. The number of hydrazone groups is 2. The summed E-state index contributed by atoms with van der Waals surface area (Å²) < 4.78 is 0. The molecule has 0 aromatic rings. The summed E-state index contributed by atoms with van der Waals surface area (Å²) in [4.78, 5) is 23.3. The van der Waals surface area contributed by atoms with Crippen molar-refractivity contribution in [2.75, 3.05) is 0 Å². The topological polar surface area (TPSA) is 82.9 Å². The fourth-order valence-electron chi connectivity index (χ4n) is 2.73. The molecule has 0 spiro atoms. The van der Waals surface area contributed by atoms with Crippen LogP contribution in [0.2, 0.25) is 0 Å². The van der Waals surface area contributed by atoms with E-state index in [2.05, 4.69) is 34.9 Å². The monoisotopic (exact) mass is 394 g/mol. The molecule has 2 N–H and O–H groups in total. The quantitative estimate of drug-likeness (QED) is 0.173. The predicted molar refractivity (Wildman–Crippen MR) is 118 cm³/mol. The molecule has 0 bridgehead atoms. The Morgan fingerprint density at radius 1 is 0.607 bits per heavy atom. The third-order valence-electron chi connectivity index (χ3n) is 4.49. The Hall–Kier alpha value is -1.72. The third kappa shape index (κ3) is 20.6. The molecule has 2 amide bonds. The Balaban J connectivity index is 3.43. The summed E-state index contributed by atoms with van der Waals surface area (Å²) in [5.74, 6) is -0.0633. The van der Waals surface area contributed by atoms with E-state index in [1.165, 1.54) is 38.5 Å². The molecule has 0 aromatic heterocycles. The number of hydrogen-bond donors (Lipinski definition) is 2. The maximum atomic E-state index is 11.6. The highest BCUT2D eigenvalue weighted by Crippen LogP contribution is 2.06. The first-order valence-corrected chi connectivity index (χ1v) is 11.3. The highest BCUT2D eigenvalue weighted by Gasteiger charge is 2.01. The van der Waals surface area contributed by atoms with Crippen LogP contribution in [0, 0.1) is 0 Å². The highest BCUT2D eigenvalue weighted by atomic mass is 16.2. The molecule has 0 aromatic carbocycles. The van der Waals surface area contributed by atoms with Gasteiger partial charge in [0.25, 0.3) is 0 Å². The van der Waals surface area contributed by atoms with Crippen LogP contribution in [0.25, 0.3) is 0 Å². The van der Waals surface area contributed by atoms with E-state index in [0.29, 0.717) is 12.8 Å². The molecule has 0 rings (SSSR count). The standard InChI is InChI=1S/C22H42N4O2/c1-3-5-7-11-15-19-23-25-21(27)17-13-9-10-14-18-22(28)26-24-20-16-12-8-6-4-2/h19-20H,3-18H2,1-2H3,(H,25,27)(H,26,28)/b23-19+,24-20+. The average molecular weight is 395 g/mol. The van der Waals surface area contributed by atoms with Crippen molar-refractivity contribution in [2.45, 2.75) is 117 Å². The predicted octanol–water partition coefficient (Wildman–Crippen LogP) is 5.47. The summed E-state index contributed by atoms with van der Waals surface area (Å²) >= 11 is 0. The minimum Gasteiger partial charge on any atom is -0.273 e. The van der Waals surface area contributed by atoms with Gasteiger partial charge in [-0.05, 0) is 38.5 Å². The Bertz CT molecular complexity index is 396. The maximum Gasteiger partial charge on any atom is 0.240 e. The summed E-state index contributed by atoms with van der Waals surface area (Å²) in [5, 5.41) is 7.95. The number of hydrogen-bond acceptors (Lipinski definition) is 4.